The van der Waals surface area contributed by atoms with Gasteiger partial charge in [-0.25, -0.2) is 0 Å². The lowest BCUT2D eigenvalue weighted by Gasteiger charge is -2.13. The van der Waals surface area contributed by atoms with Crippen molar-refractivity contribution in [2.24, 2.45) is 0 Å². The van der Waals surface area contributed by atoms with Gasteiger partial charge in [0, 0.05) is 29.6 Å². The Labute approximate surface area is 112 Å². The maximum absolute atomic E-state index is 9.69. The number of anilines is 1. The van der Waals surface area contributed by atoms with E-state index in [1.54, 1.807) is 17.8 Å². The maximum atomic E-state index is 9.69. The average molecular weight is 261 g/mol. The summed E-state index contributed by atoms with van der Waals surface area (Å²) in [5.74, 6) is 0. The van der Waals surface area contributed by atoms with E-state index in [-0.39, 0.29) is 6.61 Å². The molecular formula is C14H19N3O2. The number of benzene rings is 1. The third-order valence-electron chi connectivity index (χ3n) is 2.91. The molecule has 0 aliphatic carbocycles. The molecule has 5 nitrogen and oxygen atoms in total. The summed E-state index contributed by atoms with van der Waals surface area (Å²) in [6.07, 6.45) is 3.17. The quantitative estimate of drug-likeness (QED) is 0.737. The minimum Gasteiger partial charge on any atom is -0.394 e. The Bertz CT molecular complexity index is 523. The van der Waals surface area contributed by atoms with Gasteiger partial charge in [-0.2, -0.15) is 5.10 Å². The molecule has 1 unspecified atom stereocenters. The SMILES string of the molecule is CC(O)c1ccccc1NCc1cnn(CCO)c1. The van der Waals surface area contributed by atoms with Gasteiger partial charge in [-0.1, -0.05) is 18.2 Å². The summed E-state index contributed by atoms with van der Waals surface area (Å²) in [7, 11) is 0. The number of aliphatic hydroxyl groups is 2. The minimum atomic E-state index is -0.499. The number of nitrogens with zero attached hydrogens (tertiary/aromatic N) is 2. The zero-order valence-electron chi connectivity index (χ0n) is 11.0. The van der Waals surface area contributed by atoms with Gasteiger partial charge in [-0.15, -0.1) is 0 Å². The number of aliphatic hydroxyl groups excluding tert-OH is 2. The lowest BCUT2D eigenvalue weighted by Crippen LogP contribution is -2.04. The molecule has 0 spiro atoms. The van der Waals surface area contributed by atoms with E-state index in [1.165, 1.54) is 0 Å². The van der Waals surface area contributed by atoms with Crippen LogP contribution in [0.1, 0.15) is 24.2 Å². The number of hydrogen-bond acceptors (Lipinski definition) is 4. The molecule has 1 aromatic carbocycles. The number of rotatable bonds is 6. The average Bonchev–Trinajstić information content (AvgIpc) is 2.85. The second-order valence-corrected chi connectivity index (χ2v) is 4.45. The summed E-state index contributed by atoms with van der Waals surface area (Å²) in [4.78, 5) is 0. The van der Waals surface area contributed by atoms with E-state index in [1.807, 2.05) is 30.5 Å². The monoisotopic (exact) mass is 261 g/mol. The van der Waals surface area contributed by atoms with Gasteiger partial charge in [-0.3, -0.25) is 4.68 Å². The minimum absolute atomic E-state index is 0.0827. The molecule has 0 bridgehead atoms. The highest BCUT2D eigenvalue weighted by atomic mass is 16.3. The molecule has 1 aromatic heterocycles. The van der Waals surface area contributed by atoms with Crippen molar-refractivity contribution in [2.75, 3.05) is 11.9 Å². The highest BCUT2D eigenvalue weighted by Crippen LogP contribution is 2.22. The Morgan fingerprint density at radius 2 is 2.16 bits per heavy atom. The van der Waals surface area contributed by atoms with Gasteiger partial charge in [-0.05, 0) is 13.0 Å². The number of nitrogens with one attached hydrogen (secondary N) is 1. The molecule has 1 heterocycles. The van der Waals surface area contributed by atoms with Gasteiger partial charge >= 0.3 is 0 Å². The predicted molar refractivity (Wildman–Crippen MR) is 73.7 cm³/mol. The van der Waals surface area contributed by atoms with Gasteiger partial charge < -0.3 is 15.5 Å². The van der Waals surface area contributed by atoms with E-state index >= 15 is 0 Å². The summed E-state index contributed by atoms with van der Waals surface area (Å²) in [5, 5.41) is 26.0. The van der Waals surface area contributed by atoms with Crippen molar-refractivity contribution in [1.82, 2.24) is 9.78 Å². The molecule has 102 valence electrons. The van der Waals surface area contributed by atoms with E-state index in [0.717, 1.165) is 16.8 Å². The van der Waals surface area contributed by atoms with Crippen LogP contribution in [0.2, 0.25) is 0 Å². The molecule has 0 fully saturated rings. The summed E-state index contributed by atoms with van der Waals surface area (Å²) < 4.78 is 1.71. The summed E-state index contributed by atoms with van der Waals surface area (Å²) in [5.41, 5.74) is 2.84. The Morgan fingerprint density at radius 1 is 1.37 bits per heavy atom. The first-order chi connectivity index (χ1) is 9.20. The normalized spacial score (nSPS) is 12.4. The second kappa shape index (κ2) is 6.36. The lowest BCUT2D eigenvalue weighted by atomic mass is 10.1. The van der Waals surface area contributed by atoms with Crippen LogP contribution in [0.4, 0.5) is 5.69 Å². The van der Waals surface area contributed by atoms with E-state index in [2.05, 4.69) is 10.4 Å². The first-order valence-corrected chi connectivity index (χ1v) is 6.33. The summed E-state index contributed by atoms with van der Waals surface area (Å²) >= 11 is 0. The second-order valence-electron chi connectivity index (χ2n) is 4.45. The van der Waals surface area contributed by atoms with E-state index < -0.39 is 6.10 Å². The summed E-state index contributed by atoms with van der Waals surface area (Å²) in [6, 6.07) is 7.69. The number of para-hydroxylation sites is 1. The first kappa shape index (κ1) is 13.6. The Balaban J connectivity index is 2.01. The lowest BCUT2D eigenvalue weighted by molar-refractivity contribution is 0.200. The van der Waals surface area contributed by atoms with Crippen LogP contribution < -0.4 is 5.32 Å². The van der Waals surface area contributed by atoms with Crippen LogP contribution in [-0.2, 0) is 13.1 Å². The molecule has 1 atom stereocenters. The van der Waals surface area contributed by atoms with E-state index in [4.69, 9.17) is 5.11 Å². The van der Waals surface area contributed by atoms with Crippen molar-refractivity contribution < 1.29 is 10.2 Å². The maximum Gasteiger partial charge on any atom is 0.0781 e. The van der Waals surface area contributed by atoms with Crippen molar-refractivity contribution in [1.29, 1.82) is 0 Å². The largest absolute Gasteiger partial charge is 0.394 e. The van der Waals surface area contributed by atoms with Crippen LogP contribution in [0.3, 0.4) is 0 Å². The van der Waals surface area contributed by atoms with Crippen molar-refractivity contribution in [3.8, 4) is 0 Å². The fourth-order valence-corrected chi connectivity index (χ4v) is 1.94. The third kappa shape index (κ3) is 3.56. The highest BCUT2D eigenvalue weighted by Gasteiger charge is 2.07. The van der Waals surface area contributed by atoms with E-state index in [0.29, 0.717) is 13.1 Å². The molecule has 0 aliphatic rings. The molecule has 2 rings (SSSR count). The molecule has 5 heteroatoms. The molecule has 19 heavy (non-hydrogen) atoms. The van der Waals surface area contributed by atoms with Crippen molar-refractivity contribution in [2.45, 2.75) is 26.1 Å². The molecule has 2 aromatic rings. The van der Waals surface area contributed by atoms with Gasteiger partial charge in [0.2, 0.25) is 0 Å². The van der Waals surface area contributed by atoms with Gasteiger partial charge in [0.1, 0.15) is 0 Å². The van der Waals surface area contributed by atoms with Crippen LogP contribution in [0, 0.1) is 0 Å². The molecule has 0 saturated heterocycles. The van der Waals surface area contributed by atoms with Crippen molar-refractivity contribution in [3.05, 3.63) is 47.8 Å². The highest BCUT2D eigenvalue weighted by molar-refractivity contribution is 5.52. The number of hydrogen-bond donors (Lipinski definition) is 3. The van der Waals surface area contributed by atoms with Gasteiger partial charge in [0.15, 0.2) is 0 Å². The van der Waals surface area contributed by atoms with Crippen LogP contribution in [-0.4, -0.2) is 26.6 Å². The molecule has 0 amide bonds. The summed E-state index contributed by atoms with van der Waals surface area (Å²) in [6.45, 7) is 2.97. The van der Waals surface area contributed by atoms with Crippen molar-refractivity contribution in [3.63, 3.8) is 0 Å². The van der Waals surface area contributed by atoms with Crippen molar-refractivity contribution >= 4 is 5.69 Å². The Hall–Kier alpha value is -1.85. The smallest absolute Gasteiger partial charge is 0.0781 e. The van der Waals surface area contributed by atoms with Crippen LogP contribution in [0.5, 0.6) is 0 Å². The van der Waals surface area contributed by atoms with Crippen LogP contribution >= 0.6 is 0 Å². The third-order valence-corrected chi connectivity index (χ3v) is 2.91. The first-order valence-electron chi connectivity index (χ1n) is 6.33. The fourth-order valence-electron chi connectivity index (χ4n) is 1.94. The molecule has 0 aliphatic heterocycles. The molecule has 0 radical (unpaired) electrons. The molecule has 0 saturated carbocycles. The molecular weight excluding hydrogens is 242 g/mol. The molecule has 3 N–H and O–H groups in total. The van der Waals surface area contributed by atoms with Crippen LogP contribution in [0.15, 0.2) is 36.7 Å². The fraction of sp³-hybridized carbons (Fsp3) is 0.357. The predicted octanol–water partition coefficient (Wildman–Crippen LogP) is 1.54. The van der Waals surface area contributed by atoms with E-state index in [9.17, 15) is 5.11 Å². The Morgan fingerprint density at radius 3 is 2.89 bits per heavy atom. The van der Waals surface area contributed by atoms with Crippen LogP contribution in [0.25, 0.3) is 0 Å². The number of aromatic nitrogens is 2. The Kier molecular flexibility index (Phi) is 4.54. The topological polar surface area (TPSA) is 70.3 Å². The zero-order chi connectivity index (χ0) is 13.7. The van der Waals surface area contributed by atoms with Gasteiger partial charge in [0.05, 0.1) is 25.5 Å². The zero-order valence-corrected chi connectivity index (χ0v) is 11.0. The standard InChI is InChI=1S/C14H19N3O2/c1-11(19)13-4-2-3-5-14(13)15-8-12-9-16-17(10-12)6-7-18/h2-5,9-11,15,18-19H,6-8H2,1H3. The van der Waals surface area contributed by atoms with Gasteiger partial charge in [0.25, 0.3) is 0 Å².